The Kier molecular flexibility index (Phi) is 4.70. The summed E-state index contributed by atoms with van der Waals surface area (Å²) in [7, 11) is 0. The summed E-state index contributed by atoms with van der Waals surface area (Å²) in [5.41, 5.74) is 0.670. The van der Waals surface area contributed by atoms with Crippen molar-refractivity contribution < 1.29 is 4.74 Å². The summed E-state index contributed by atoms with van der Waals surface area (Å²) in [6.07, 6.45) is 2.38. The average molecular weight is 203 g/mol. The largest absolute Gasteiger partial charge is 0.493 e. The van der Waals surface area contributed by atoms with Crippen LogP contribution < -0.4 is 4.74 Å². The van der Waals surface area contributed by atoms with Crippen molar-refractivity contribution in [2.24, 2.45) is 5.92 Å². The highest BCUT2D eigenvalue weighted by Gasteiger charge is 2.01. The van der Waals surface area contributed by atoms with E-state index in [0.717, 1.165) is 12.4 Å². The molecule has 0 fully saturated rings. The van der Waals surface area contributed by atoms with Crippen molar-refractivity contribution in [2.75, 3.05) is 6.61 Å². The third-order valence-corrected chi connectivity index (χ3v) is 2.30. The molecule has 0 spiro atoms. The minimum atomic E-state index is 0.589. The van der Waals surface area contributed by atoms with Gasteiger partial charge in [-0.3, -0.25) is 0 Å². The standard InChI is InChI=1S/C13H17NO/c1-3-4-11(2)10-15-13-7-5-12(9-14)6-8-13/h5-8,11H,3-4,10H2,1-2H3. The fourth-order valence-corrected chi connectivity index (χ4v) is 1.44. The normalized spacial score (nSPS) is 11.8. The maximum absolute atomic E-state index is 8.63. The number of ether oxygens (including phenoxy) is 1. The molecule has 1 rings (SSSR count). The van der Waals surface area contributed by atoms with E-state index < -0.39 is 0 Å². The number of rotatable bonds is 5. The molecule has 0 N–H and O–H groups in total. The Morgan fingerprint density at radius 3 is 2.53 bits per heavy atom. The fourth-order valence-electron chi connectivity index (χ4n) is 1.44. The second kappa shape index (κ2) is 6.08. The summed E-state index contributed by atoms with van der Waals surface area (Å²) in [6, 6.07) is 9.33. The summed E-state index contributed by atoms with van der Waals surface area (Å²) < 4.78 is 5.61. The third kappa shape index (κ3) is 4.03. The third-order valence-electron chi connectivity index (χ3n) is 2.30. The minimum absolute atomic E-state index is 0.589. The van der Waals surface area contributed by atoms with Crippen LogP contribution in [0.1, 0.15) is 32.3 Å². The van der Waals surface area contributed by atoms with E-state index in [4.69, 9.17) is 10.00 Å². The minimum Gasteiger partial charge on any atom is -0.493 e. The highest BCUT2D eigenvalue weighted by Crippen LogP contribution is 2.14. The molecule has 0 aliphatic carbocycles. The lowest BCUT2D eigenvalue weighted by molar-refractivity contribution is 0.251. The molecule has 1 aromatic carbocycles. The zero-order valence-corrected chi connectivity index (χ0v) is 9.36. The molecule has 0 amide bonds. The van der Waals surface area contributed by atoms with Crippen LogP contribution in [-0.4, -0.2) is 6.61 Å². The Labute approximate surface area is 91.5 Å². The van der Waals surface area contributed by atoms with Gasteiger partial charge in [-0.1, -0.05) is 20.3 Å². The van der Waals surface area contributed by atoms with Gasteiger partial charge in [-0.2, -0.15) is 5.26 Å². The van der Waals surface area contributed by atoms with E-state index in [9.17, 15) is 0 Å². The van der Waals surface area contributed by atoms with E-state index >= 15 is 0 Å². The first kappa shape index (κ1) is 11.6. The summed E-state index contributed by atoms with van der Waals surface area (Å²) >= 11 is 0. The number of nitriles is 1. The van der Waals surface area contributed by atoms with Crippen LogP contribution in [0, 0.1) is 17.2 Å². The monoisotopic (exact) mass is 203 g/mol. The molecule has 0 aromatic heterocycles. The maximum atomic E-state index is 8.63. The van der Waals surface area contributed by atoms with Gasteiger partial charge in [-0.05, 0) is 36.6 Å². The van der Waals surface area contributed by atoms with Gasteiger partial charge in [0.1, 0.15) is 5.75 Å². The van der Waals surface area contributed by atoms with Gasteiger partial charge in [0.25, 0.3) is 0 Å². The molecule has 0 aliphatic rings. The number of hydrogen-bond donors (Lipinski definition) is 0. The molecule has 15 heavy (non-hydrogen) atoms. The molecule has 0 heterocycles. The predicted molar refractivity (Wildman–Crippen MR) is 60.7 cm³/mol. The van der Waals surface area contributed by atoms with Crippen LogP contribution in [0.25, 0.3) is 0 Å². The number of nitrogens with zero attached hydrogens (tertiary/aromatic N) is 1. The van der Waals surface area contributed by atoms with E-state index in [1.54, 1.807) is 12.1 Å². The summed E-state index contributed by atoms with van der Waals surface area (Å²) in [5, 5.41) is 8.63. The summed E-state index contributed by atoms with van der Waals surface area (Å²) in [6.45, 7) is 5.12. The molecule has 1 aromatic rings. The predicted octanol–water partition coefficient (Wildman–Crippen LogP) is 3.37. The van der Waals surface area contributed by atoms with Crippen molar-refractivity contribution >= 4 is 0 Å². The zero-order valence-electron chi connectivity index (χ0n) is 9.36. The van der Waals surface area contributed by atoms with Crippen LogP contribution in [0.15, 0.2) is 24.3 Å². The van der Waals surface area contributed by atoms with Crippen LogP contribution in [0.3, 0.4) is 0 Å². The molecule has 1 unspecified atom stereocenters. The van der Waals surface area contributed by atoms with Crippen LogP contribution in [0.2, 0.25) is 0 Å². The smallest absolute Gasteiger partial charge is 0.119 e. The fraction of sp³-hybridized carbons (Fsp3) is 0.462. The highest BCUT2D eigenvalue weighted by molar-refractivity contribution is 5.34. The van der Waals surface area contributed by atoms with Crippen molar-refractivity contribution in [2.45, 2.75) is 26.7 Å². The zero-order chi connectivity index (χ0) is 11.1. The van der Waals surface area contributed by atoms with Crippen LogP contribution >= 0.6 is 0 Å². The molecule has 0 radical (unpaired) electrons. The summed E-state index contributed by atoms with van der Waals surface area (Å²) in [4.78, 5) is 0. The van der Waals surface area contributed by atoms with Crippen molar-refractivity contribution in [3.63, 3.8) is 0 Å². The van der Waals surface area contributed by atoms with Gasteiger partial charge < -0.3 is 4.74 Å². The van der Waals surface area contributed by atoms with Crippen molar-refractivity contribution in [1.29, 1.82) is 5.26 Å². The Morgan fingerprint density at radius 2 is 2.00 bits per heavy atom. The molecule has 0 saturated carbocycles. The van der Waals surface area contributed by atoms with Crippen LogP contribution in [0.5, 0.6) is 5.75 Å². The number of benzene rings is 1. The molecule has 2 nitrogen and oxygen atoms in total. The Hall–Kier alpha value is -1.49. The Balaban J connectivity index is 2.41. The Morgan fingerprint density at radius 1 is 1.33 bits per heavy atom. The van der Waals surface area contributed by atoms with Crippen molar-refractivity contribution in [3.8, 4) is 11.8 Å². The second-order valence-corrected chi connectivity index (χ2v) is 3.84. The molecule has 80 valence electrons. The lowest BCUT2D eigenvalue weighted by Gasteiger charge is -2.11. The van der Waals surface area contributed by atoms with Gasteiger partial charge in [0, 0.05) is 0 Å². The van der Waals surface area contributed by atoms with E-state index in [2.05, 4.69) is 19.9 Å². The summed E-state index contributed by atoms with van der Waals surface area (Å²) in [5.74, 6) is 1.43. The van der Waals surface area contributed by atoms with E-state index in [1.807, 2.05) is 12.1 Å². The van der Waals surface area contributed by atoms with Gasteiger partial charge in [0.15, 0.2) is 0 Å². The first-order valence-corrected chi connectivity index (χ1v) is 5.39. The van der Waals surface area contributed by atoms with E-state index in [-0.39, 0.29) is 0 Å². The lowest BCUT2D eigenvalue weighted by atomic mass is 10.1. The van der Waals surface area contributed by atoms with Crippen molar-refractivity contribution in [1.82, 2.24) is 0 Å². The van der Waals surface area contributed by atoms with Crippen molar-refractivity contribution in [3.05, 3.63) is 29.8 Å². The van der Waals surface area contributed by atoms with Gasteiger partial charge in [0.05, 0.1) is 18.2 Å². The van der Waals surface area contributed by atoms with Gasteiger partial charge in [-0.25, -0.2) is 0 Å². The molecule has 1 atom stereocenters. The van der Waals surface area contributed by atoms with E-state index in [1.165, 1.54) is 12.8 Å². The second-order valence-electron chi connectivity index (χ2n) is 3.84. The average Bonchev–Trinajstić information content (AvgIpc) is 2.27. The van der Waals surface area contributed by atoms with Gasteiger partial charge in [0.2, 0.25) is 0 Å². The van der Waals surface area contributed by atoms with Gasteiger partial charge >= 0.3 is 0 Å². The molecule has 2 heteroatoms. The first-order chi connectivity index (χ1) is 7.26. The maximum Gasteiger partial charge on any atom is 0.119 e. The van der Waals surface area contributed by atoms with E-state index in [0.29, 0.717) is 11.5 Å². The van der Waals surface area contributed by atoms with Crippen LogP contribution in [-0.2, 0) is 0 Å². The van der Waals surface area contributed by atoms with Gasteiger partial charge in [-0.15, -0.1) is 0 Å². The molecular weight excluding hydrogens is 186 g/mol. The molecule has 0 aliphatic heterocycles. The number of hydrogen-bond acceptors (Lipinski definition) is 2. The lowest BCUT2D eigenvalue weighted by Crippen LogP contribution is -2.07. The molecule has 0 bridgehead atoms. The molecule has 0 saturated heterocycles. The Bertz CT molecular complexity index is 323. The first-order valence-electron chi connectivity index (χ1n) is 5.39. The molecular formula is C13H17NO. The highest BCUT2D eigenvalue weighted by atomic mass is 16.5. The van der Waals surface area contributed by atoms with Crippen LogP contribution in [0.4, 0.5) is 0 Å². The SMILES string of the molecule is CCCC(C)COc1ccc(C#N)cc1. The quantitative estimate of drug-likeness (QED) is 0.735. The topological polar surface area (TPSA) is 33.0 Å².